The summed E-state index contributed by atoms with van der Waals surface area (Å²) in [6.07, 6.45) is 0. The Bertz CT molecular complexity index is 2510. The maximum atomic E-state index is 12.7. The van der Waals surface area contributed by atoms with Crippen molar-refractivity contribution in [2.24, 2.45) is 0 Å². The van der Waals surface area contributed by atoms with Crippen molar-refractivity contribution >= 4 is 7.82 Å². The summed E-state index contributed by atoms with van der Waals surface area (Å²) in [5.41, 5.74) is 0. The normalized spacial score (nSPS) is 15.3. The average molecular weight is 1830 g/mol. The van der Waals surface area contributed by atoms with Crippen LogP contribution in [0.4, 0.5) is 0 Å². The van der Waals surface area contributed by atoms with E-state index in [1.54, 1.807) is 0 Å². The zero-order chi connectivity index (χ0) is 43.0. The van der Waals surface area contributed by atoms with Gasteiger partial charge in [0, 0.05) is 0 Å². The third-order valence-electron chi connectivity index (χ3n) is 2.05. The average Bonchev–Trinajstić information content (AvgIpc) is 2.58. The monoisotopic (exact) mass is 1850 g/mol. The molecule has 0 atom stereocenters. The Kier molecular flexibility index (Phi) is 22.2. The molecule has 0 aromatic heterocycles. The van der Waals surface area contributed by atoms with Crippen molar-refractivity contribution in [1.29, 1.82) is 0 Å². The second kappa shape index (κ2) is 20.0. The van der Waals surface area contributed by atoms with E-state index in [2.05, 4.69) is 27.9 Å². The van der Waals surface area contributed by atoms with Gasteiger partial charge in [0.2, 0.25) is 0 Å². The van der Waals surface area contributed by atoms with Crippen molar-refractivity contribution in [2.45, 2.75) is 0 Å². The van der Waals surface area contributed by atoms with Crippen LogP contribution in [0.25, 0.3) is 0 Å². The van der Waals surface area contributed by atoms with Gasteiger partial charge in [-0.05, 0) is 0 Å². The summed E-state index contributed by atoms with van der Waals surface area (Å²) in [4.78, 5) is 0. The number of phosphoric acid groups is 1. The summed E-state index contributed by atoms with van der Waals surface area (Å²) < 4.78 is 351. The Balaban J connectivity index is 0. The van der Waals surface area contributed by atoms with Crippen LogP contribution in [0.2, 0.25) is 0 Å². The van der Waals surface area contributed by atoms with Crippen LogP contribution < -0.4 is 30.1 Å². The predicted molar refractivity (Wildman–Crippen MR) is 37.1 cm³/mol. The van der Waals surface area contributed by atoms with E-state index in [9.17, 15) is 97.4 Å². The molecule has 0 unspecified atom stereocenters. The largest absolute Gasteiger partial charge is 1.00 e. The summed E-state index contributed by atoms with van der Waals surface area (Å²) in [7, 11) is -7.94. The minimum absolute atomic E-state index is 0. The van der Waals surface area contributed by atoms with Crippen molar-refractivity contribution < 1.29 is 345 Å². The van der Waals surface area contributed by atoms with Gasteiger partial charge < -0.3 is 0 Å². The minimum atomic E-state index is -8.82. The van der Waals surface area contributed by atoms with E-state index in [0.717, 1.165) is 0 Å². The third-order valence-corrected chi connectivity index (χ3v) is 62.2. The van der Waals surface area contributed by atoms with Crippen LogP contribution >= 0.6 is 7.82 Å². The van der Waals surface area contributed by atoms with Gasteiger partial charge in [-0.2, -0.15) is 0 Å². The molecule has 0 bridgehead atoms. The van der Waals surface area contributed by atoms with E-state index >= 15 is 0 Å². The first-order chi connectivity index (χ1) is 22.5. The first-order valence-electron chi connectivity index (χ1n) is 8.73. The second-order valence-corrected chi connectivity index (χ2v) is 55.7. The molecule has 54 heavy (non-hydrogen) atoms. The molecule has 0 saturated carbocycles. The van der Waals surface area contributed by atoms with Crippen LogP contribution in [0.3, 0.4) is 0 Å². The quantitative estimate of drug-likeness (QED) is 0.0640. The van der Waals surface area contributed by atoms with Gasteiger partial charge in [-0.3, -0.25) is 0 Å². The molecule has 0 radical (unpaired) electrons. The number of rotatable bonds is 24. The smallest absolute Gasteiger partial charge is 1.00 e. The molecule has 0 heterocycles. The maximum absolute atomic E-state index is 12.7. The molecule has 0 aliphatic heterocycles. The summed E-state index contributed by atoms with van der Waals surface area (Å²) in [5.74, 6) is 0. The van der Waals surface area contributed by atoms with Crippen molar-refractivity contribution in [2.75, 3.05) is 0 Å². The Labute approximate surface area is 346 Å². The van der Waals surface area contributed by atoms with Gasteiger partial charge in [0.05, 0.1) is 0 Å². The van der Waals surface area contributed by atoms with E-state index in [1.807, 2.05) is 0 Å². The fourth-order valence-corrected chi connectivity index (χ4v) is 60.0. The Hall–Kier alpha value is 3.69. The van der Waals surface area contributed by atoms with Gasteiger partial charge in [0.25, 0.3) is 0 Å². The Morgan fingerprint density at radius 3 is 0.537 bits per heavy atom. The maximum Gasteiger partial charge on any atom is 1.00 e. The van der Waals surface area contributed by atoms with Crippen molar-refractivity contribution in [1.82, 2.24) is 0 Å². The summed E-state index contributed by atoms with van der Waals surface area (Å²) in [5, 5.41) is 0. The van der Waals surface area contributed by atoms with Crippen LogP contribution in [0.15, 0.2) is 0 Å². The number of hydrogen-bond acceptors (Lipinski definition) is 40. The van der Waals surface area contributed by atoms with E-state index < -0.39 is 209 Å². The molecule has 0 spiro atoms. The Morgan fingerprint density at radius 2 is 0.389 bits per heavy atom. The summed E-state index contributed by atoms with van der Waals surface area (Å²) in [6.45, 7) is 0. The molecule has 0 rings (SSSR count). The van der Waals surface area contributed by atoms with Crippen LogP contribution in [-0.4, -0.2) is 0 Å². The minimum Gasteiger partial charge on any atom is 1.00 e. The van der Waals surface area contributed by atoms with Gasteiger partial charge in [0.1, 0.15) is 0 Å². The van der Waals surface area contributed by atoms with Crippen LogP contribution in [0.5, 0.6) is 0 Å². The topological polar surface area (TPSA) is 607 Å². The molecule has 0 aromatic carbocycles. The van der Waals surface area contributed by atoms with Gasteiger partial charge in [-0.25, -0.2) is 0 Å². The first kappa shape index (κ1) is 59.8. The molecule has 0 aliphatic rings. The number of hydrogen-bond donors (Lipinski definition) is 0. The molecule has 0 amide bonds. The molecule has 0 fully saturated rings. The van der Waals surface area contributed by atoms with Gasteiger partial charge in [-0.1, -0.05) is 0 Å². The van der Waals surface area contributed by atoms with E-state index in [-0.39, 0.29) is 18.9 Å². The predicted octanol–water partition coefficient (Wildman–Crippen LogP) is -9.52. The fraction of sp³-hybridized carbons (Fsp3) is 0. The molecule has 0 aromatic rings. The van der Waals surface area contributed by atoms with Gasteiger partial charge in [0.15, 0.2) is 0 Å². The molecule has 0 aliphatic carbocycles. The molecule has 320 valence electrons. The zero-order valence-electron chi connectivity index (χ0n) is 22.7. The van der Waals surface area contributed by atoms with Crippen molar-refractivity contribution in [3.05, 3.63) is 0 Å². The van der Waals surface area contributed by atoms with E-state index in [4.69, 9.17) is 0 Å². The van der Waals surface area contributed by atoms with Gasteiger partial charge >= 0.3 is 353 Å². The molecular weight excluding hydrogens is 1830 g/mol. The summed E-state index contributed by atoms with van der Waals surface area (Å²) in [6, 6.07) is 0. The fourth-order valence-electron chi connectivity index (χ4n) is 1.40. The first-order valence-corrected chi connectivity index (χ1v) is 49.5. The van der Waals surface area contributed by atoms with Crippen molar-refractivity contribution in [3.63, 3.8) is 0 Å². The van der Waals surface area contributed by atoms with Crippen LogP contribution in [-0.2, 0) is 315 Å². The van der Waals surface area contributed by atoms with E-state index in [0.29, 0.717) is 0 Å². The van der Waals surface area contributed by atoms with Crippen LogP contribution in [0, 0.1) is 0 Å². The molecule has 54 heteroatoms. The van der Waals surface area contributed by atoms with Gasteiger partial charge in [-0.15, -0.1) is 0 Å². The van der Waals surface area contributed by atoms with Crippen molar-refractivity contribution in [3.8, 4) is 0 Å². The SMILES string of the molecule is O=P([O][Mo](=[O])(=[O])[O][Mo](=[O])(=[O])[O][Mo](=[O])(=[O])[O][Mo](=[O])(=[O])[O-])([O][Mo](=[O])(=[O])[O][Mo](=[O])(=[O])[O][Mo](=[O])(=[O])[O][Mo](=[O])(=[O])[O-])[O][Mo](=[O])(=[O])[O][Mo](=[O])(=[O])[O][Mo](=[O])(=[O])[O][Mo](=[O])(=[O])[O-].[Li+]. The molecule has 40 nitrogen and oxygen atoms in total. The van der Waals surface area contributed by atoms with E-state index in [1.165, 1.54) is 0 Å². The molecular formula is LiMo12O40P-2. The molecule has 0 N–H and O–H groups in total. The molecule has 0 saturated heterocycles. The van der Waals surface area contributed by atoms with Crippen LogP contribution in [0.1, 0.15) is 0 Å². The second-order valence-electron chi connectivity index (χ2n) is 6.18. The Morgan fingerprint density at radius 1 is 0.259 bits per heavy atom. The third kappa shape index (κ3) is 29.1. The summed E-state index contributed by atoms with van der Waals surface area (Å²) >= 11 is -98.5. The zero-order valence-corrected chi connectivity index (χ0v) is 47.7. The standard InChI is InChI=1S/Li.12Mo.H3O4P.36O/c;;;;;;;;;;;;;1-5(2,3)4;;;;;;;;;;;;;;;;;;;;;;;;;;;;;;;;;;;;/h;;;;;;;;;;;;;(H3,1,2,3,4);;;;;;;;;;;;;;;;;;;;;;;;;;;;;;;;;;;;/q+1;;;;;;;;;;3*+1;;;;;;;;;;;;;;;;;;;;;;;;;;;;;;;;;;;3*-1/p-3.